The van der Waals surface area contributed by atoms with Gasteiger partial charge in [-0.1, -0.05) is 53.7 Å². The Balaban J connectivity index is 1.60. The molecule has 0 aliphatic carbocycles. The molecule has 0 saturated heterocycles. The largest absolute Gasteiger partial charge is 0.345 e. The Labute approximate surface area is 171 Å². The maximum absolute atomic E-state index is 12.4. The van der Waals surface area contributed by atoms with Gasteiger partial charge in [0.15, 0.2) is 5.78 Å². The van der Waals surface area contributed by atoms with Crippen LogP contribution >= 0.6 is 23.4 Å². The first-order valence-corrected chi connectivity index (χ1v) is 9.90. The van der Waals surface area contributed by atoms with Gasteiger partial charge in [0.05, 0.1) is 17.5 Å². The first-order chi connectivity index (χ1) is 13.5. The first-order valence-electron chi connectivity index (χ1n) is 8.54. The van der Waals surface area contributed by atoms with Crippen molar-refractivity contribution in [2.75, 3.05) is 5.75 Å². The molecular formula is C19H18ClN5O2S. The highest BCUT2D eigenvalue weighted by atomic mass is 35.5. The van der Waals surface area contributed by atoms with Crippen molar-refractivity contribution in [2.45, 2.75) is 24.5 Å². The van der Waals surface area contributed by atoms with E-state index in [4.69, 9.17) is 11.6 Å². The molecule has 0 bridgehead atoms. The van der Waals surface area contributed by atoms with E-state index < -0.39 is 6.04 Å². The van der Waals surface area contributed by atoms with Crippen LogP contribution in [0.15, 0.2) is 59.8 Å². The van der Waals surface area contributed by atoms with E-state index in [1.54, 1.807) is 24.3 Å². The minimum Gasteiger partial charge on any atom is -0.345 e. The lowest BCUT2D eigenvalue weighted by Crippen LogP contribution is -2.42. The summed E-state index contributed by atoms with van der Waals surface area (Å²) in [5, 5.41) is 15.4. The summed E-state index contributed by atoms with van der Waals surface area (Å²) in [7, 11) is 0. The van der Waals surface area contributed by atoms with Gasteiger partial charge in [0, 0.05) is 5.02 Å². The molecule has 1 N–H and O–H groups in total. The Morgan fingerprint density at radius 2 is 1.86 bits per heavy atom. The number of Topliss-reactive ketones (excluding diaryl/α,β-unsaturated/α-hetero) is 1. The molecule has 0 radical (unpaired) electrons. The van der Waals surface area contributed by atoms with Crippen molar-refractivity contribution in [3.8, 4) is 5.69 Å². The summed E-state index contributed by atoms with van der Waals surface area (Å²) >= 11 is 7.09. The number of carbonyl (C=O) groups is 2. The molecule has 144 valence electrons. The normalized spacial score (nSPS) is 11.8. The molecule has 0 spiro atoms. The second kappa shape index (κ2) is 9.48. The summed E-state index contributed by atoms with van der Waals surface area (Å²) < 4.78 is 1.53. The SMILES string of the molecule is CC(=O)[C@@H](Cc1ccccc1)NC(=O)CSc1nnnn1-c1ccc(Cl)cc1. The second-order valence-corrected chi connectivity index (χ2v) is 7.44. The zero-order valence-electron chi connectivity index (χ0n) is 15.1. The van der Waals surface area contributed by atoms with Gasteiger partial charge in [-0.25, -0.2) is 0 Å². The minimum absolute atomic E-state index is 0.0896. The molecule has 0 saturated carbocycles. The highest BCUT2D eigenvalue weighted by molar-refractivity contribution is 7.99. The molecule has 7 nitrogen and oxygen atoms in total. The molecule has 9 heteroatoms. The van der Waals surface area contributed by atoms with Gasteiger partial charge in [-0.15, -0.1) is 5.10 Å². The van der Waals surface area contributed by atoms with E-state index in [-0.39, 0.29) is 17.4 Å². The minimum atomic E-state index is -0.567. The third-order valence-electron chi connectivity index (χ3n) is 3.95. The third-order valence-corrected chi connectivity index (χ3v) is 5.12. The highest BCUT2D eigenvalue weighted by Crippen LogP contribution is 2.19. The molecule has 28 heavy (non-hydrogen) atoms. The number of tetrazole rings is 1. The predicted octanol–water partition coefficient (Wildman–Crippen LogP) is 2.72. The molecule has 1 aromatic heterocycles. The van der Waals surface area contributed by atoms with Gasteiger partial charge in [0.2, 0.25) is 11.1 Å². The Morgan fingerprint density at radius 3 is 2.54 bits per heavy atom. The fraction of sp³-hybridized carbons (Fsp3) is 0.211. The van der Waals surface area contributed by atoms with Gasteiger partial charge in [0.1, 0.15) is 0 Å². The molecule has 1 amide bonds. The Morgan fingerprint density at radius 1 is 1.14 bits per heavy atom. The van der Waals surface area contributed by atoms with Crippen LogP contribution in [0.1, 0.15) is 12.5 Å². The quantitative estimate of drug-likeness (QED) is 0.569. The highest BCUT2D eigenvalue weighted by Gasteiger charge is 2.19. The van der Waals surface area contributed by atoms with Crippen LogP contribution in [0.2, 0.25) is 5.02 Å². The lowest BCUT2D eigenvalue weighted by atomic mass is 10.0. The van der Waals surface area contributed by atoms with Crippen LogP contribution in [0.5, 0.6) is 0 Å². The van der Waals surface area contributed by atoms with Crippen LogP contribution in [-0.4, -0.2) is 43.7 Å². The number of ketones is 1. The fourth-order valence-electron chi connectivity index (χ4n) is 2.53. The molecular weight excluding hydrogens is 398 g/mol. The summed E-state index contributed by atoms with van der Waals surface area (Å²) in [4.78, 5) is 24.3. The number of aromatic nitrogens is 4. The molecule has 3 aromatic rings. The number of hydrogen-bond donors (Lipinski definition) is 1. The molecule has 0 fully saturated rings. The standard InChI is InChI=1S/C19H18ClN5O2S/c1-13(26)17(11-14-5-3-2-4-6-14)21-18(27)12-28-19-22-23-24-25(19)16-9-7-15(20)8-10-16/h2-10,17H,11-12H2,1H3,(H,21,27)/t17-/m1/s1. The maximum Gasteiger partial charge on any atom is 0.231 e. The van der Waals surface area contributed by atoms with Crippen molar-refractivity contribution in [3.63, 3.8) is 0 Å². The maximum atomic E-state index is 12.4. The monoisotopic (exact) mass is 415 g/mol. The summed E-state index contributed by atoms with van der Waals surface area (Å²) in [5.41, 5.74) is 1.73. The van der Waals surface area contributed by atoms with Gasteiger partial charge in [0.25, 0.3) is 0 Å². The number of amides is 1. The van der Waals surface area contributed by atoms with Crippen molar-refractivity contribution >= 4 is 35.1 Å². The fourth-order valence-corrected chi connectivity index (χ4v) is 3.35. The lowest BCUT2D eigenvalue weighted by Gasteiger charge is -2.16. The van der Waals surface area contributed by atoms with E-state index in [1.165, 1.54) is 23.4 Å². The molecule has 0 aliphatic heterocycles. The summed E-state index contributed by atoms with van der Waals surface area (Å²) in [6, 6.07) is 16.1. The van der Waals surface area contributed by atoms with Crippen molar-refractivity contribution < 1.29 is 9.59 Å². The topological polar surface area (TPSA) is 89.8 Å². The first kappa shape index (κ1) is 20.0. The number of benzene rings is 2. The van der Waals surface area contributed by atoms with E-state index in [0.717, 1.165) is 11.3 Å². The molecule has 0 unspecified atom stereocenters. The van der Waals surface area contributed by atoms with Crippen LogP contribution in [-0.2, 0) is 16.0 Å². The summed E-state index contributed by atoms with van der Waals surface area (Å²) in [5.74, 6) is -0.257. The third kappa shape index (κ3) is 5.40. The number of halogens is 1. The smallest absolute Gasteiger partial charge is 0.231 e. The van der Waals surface area contributed by atoms with Crippen molar-refractivity contribution in [3.05, 3.63) is 65.2 Å². The molecule has 1 atom stereocenters. The predicted molar refractivity (Wildman–Crippen MR) is 108 cm³/mol. The molecule has 2 aromatic carbocycles. The average Bonchev–Trinajstić information content (AvgIpc) is 3.16. The number of thioether (sulfide) groups is 1. The van der Waals surface area contributed by atoms with Gasteiger partial charge in [-0.05, 0) is 53.6 Å². The van der Waals surface area contributed by atoms with Crippen molar-refractivity contribution in [1.82, 2.24) is 25.5 Å². The molecule has 1 heterocycles. The summed E-state index contributed by atoms with van der Waals surface area (Å²) in [6.45, 7) is 1.47. The van der Waals surface area contributed by atoms with Gasteiger partial charge < -0.3 is 5.32 Å². The molecule has 3 rings (SSSR count). The van der Waals surface area contributed by atoms with Crippen molar-refractivity contribution in [1.29, 1.82) is 0 Å². The number of nitrogens with one attached hydrogen (secondary N) is 1. The molecule has 0 aliphatic rings. The van der Waals surface area contributed by atoms with Crippen LogP contribution < -0.4 is 5.32 Å². The van der Waals surface area contributed by atoms with E-state index >= 15 is 0 Å². The number of carbonyl (C=O) groups excluding carboxylic acids is 2. The van der Waals surface area contributed by atoms with E-state index in [2.05, 4.69) is 20.8 Å². The Hall–Kier alpha value is -2.71. The van der Waals surface area contributed by atoms with Crippen LogP contribution in [0.3, 0.4) is 0 Å². The van der Waals surface area contributed by atoms with Crippen LogP contribution in [0, 0.1) is 0 Å². The Kier molecular flexibility index (Phi) is 6.78. The van der Waals surface area contributed by atoms with E-state index in [0.29, 0.717) is 16.6 Å². The number of rotatable bonds is 8. The zero-order valence-corrected chi connectivity index (χ0v) is 16.7. The number of hydrogen-bond acceptors (Lipinski definition) is 6. The van der Waals surface area contributed by atoms with Gasteiger partial charge in [-0.3, -0.25) is 9.59 Å². The van der Waals surface area contributed by atoms with Gasteiger partial charge >= 0.3 is 0 Å². The van der Waals surface area contributed by atoms with Gasteiger partial charge in [-0.2, -0.15) is 4.68 Å². The van der Waals surface area contributed by atoms with E-state index in [9.17, 15) is 9.59 Å². The lowest BCUT2D eigenvalue weighted by molar-refractivity contribution is -0.125. The summed E-state index contributed by atoms with van der Waals surface area (Å²) in [6.07, 6.45) is 0.453. The van der Waals surface area contributed by atoms with Crippen molar-refractivity contribution in [2.24, 2.45) is 0 Å². The zero-order chi connectivity index (χ0) is 19.9. The Bertz CT molecular complexity index is 946. The second-order valence-electron chi connectivity index (χ2n) is 6.06. The van der Waals surface area contributed by atoms with Crippen LogP contribution in [0.25, 0.3) is 5.69 Å². The van der Waals surface area contributed by atoms with Crippen LogP contribution in [0.4, 0.5) is 0 Å². The number of nitrogens with zero attached hydrogens (tertiary/aromatic N) is 4. The average molecular weight is 416 g/mol. The van der Waals surface area contributed by atoms with E-state index in [1.807, 2.05) is 30.3 Å².